The number of benzene rings is 2. The summed E-state index contributed by atoms with van der Waals surface area (Å²) in [5.74, 6) is 0.214. The number of para-hydroxylation sites is 1. The lowest BCUT2D eigenvalue weighted by Gasteiger charge is -2.20. The zero-order chi connectivity index (χ0) is 18.8. The van der Waals surface area contributed by atoms with E-state index in [1.807, 2.05) is 0 Å². The van der Waals surface area contributed by atoms with E-state index in [4.69, 9.17) is 0 Å². The second kappa shape index (κ2) is 7.13. The van der Waals surface area contributed by atoms with Gasteiger partial charge in [-0.2, -0.15) is 10.4 Å². The second-order valence-electron chi connectivity index (χ2n) is 7.01. The highest BCUT2D eigenvalue weighted by molar-refractivity contribution is 5.72. The van der Waals surface area contributed by atoms with Crippen molar-refractivity contribution >= 4 is 0 Å². The van der Waals surface area contributed by atoms with Crippen molar-refractivity contribution < 1.29 is 4.39 Å². The summed E-state index contributed by atoms with van der Waals surface area (Å²) in [4.78, 5) is 0. The molecule has 3 aromatic rings. The highest BCUT2D eigenvalue weighted by Gasteiger charge is 2.21. The number of rotatable bonds is 4. The molecule has 2 aromatic carbocycles. The fraction of sp³-hybridized carbons (Fsp3) is 0.273. The molecule has 0 bridgehead atoms. The van der Waals surface area contributed by atoms with Crippen molar-refractivity contribution in [1.29, 1.82) is 5.26 Å². The van der Waals surface area contributed by atoms with Crippen molar-refractivity contribution in [3.05, 3.63) is 71.2 Å². The van der Waals surface area contributed by atoms with Crippen LogP contribution in [0.5, 0.6) is 0 Å². The quantitative estimate of drug-likeness (QED) is 0.599. The standard InChI is InChI=1S/C22H22FN3/c1-14(2)17-8-7-9-18(15(3)4)22(17)21-12-16(13-24)25-26(21)20-11-6-5-10-19(20)23/h5-12,14-15H,1-4H3. The maximum atomic E-state index is 14.5. The molecule has 3 nitrogen and oxygen atoms in total. The van der Waals surface area contributed by atoms with Crippen LogP contribution < -0.4 is 0 Å². The molecule has 0 amide bonds. The van der Waals surface area contributed by atoms with Gasteiger partial charge < -0.3 is 0 Å². The molecule has 1 aromatic heterocycles. The van der Waals surface area contributed by atoms with Crippen molar-refractivity contribution in [3.63, 3.8) is 0 Å². The number of hydrogen-bond acceptors (Lipinski definition) is 2. The molecule has 0 saturated heterocycles. The zero-order valence-electron chi connectivity index (χ0n) is 15.5. The summed E-state index contributed by atoms with van der Waals surface area (Å²) in [5, 5.41) is 13.7. The normalized spacial score (nSPS) is 11.2. The molecule has 0 saturated carbocycles. The Morgan fingerprint density at radius 3 is 2.12 bits per heavy atom. The average Bonchev–Trinajstić information content (AvgIpc) is 3.05. The molecule has 0 fully saturated rings. The Labute approximate surface area is 153 Å². The summed E-state index contributed by atoms with van der Waals surface area (Å²) < 4.78 is 16.0. The van der Waals surface area contributed by atoms with Crippen LogP contribution in [0.1, 0.15) is 56.4 Å². The van der Waals surface area contributed by atoms with Crippen molar-refractivity contribution in [2.75, 3.05) is 0 Å². The topological polar surface area (TPSA) is 41.6 Å². The van der Waals surface area contributed by atoms with Gasteiger partial charge in [0.15, 0.2) is 5.69 Å². The van der Waals surface area contributed by atoms with Gasteiger partial charge in [0.1, 0.15) is 17.6 Å². The van der Waals surface area contributed by atoms with Gasteiger partial charge in [-0.3, -0.25) is 0 Å². The molecule has 0 aliphatic rings. The van der Waals surface area contributed by atoms with Gasteiger partial charge in [0.05, 0.1) is 5.69 Å². The van der Waals surface area contributed by atoms with Gasteiger partial charge in [-0.05, 0) is 35.1 Å². The van der Waals surface area contributed by atoms with Crippen LogP contribution in [0.3, 0.4) is 0 Å². The monoisotopic (exact) mass is 347 g/mol. The summed E-state index contributed by atoms with van der Waals surface area (Å²) in [7, 11) is 0. The molecule has 0 atom stereocenters. The fourth-order valence-corrected chi connectivity index (χ4v) is 3.27. The van der Waals surface area contributed by atoms with Crippen LogP contribution >= 0.6 is 0 Å². The molecule has 1 heterocycles. The minimum Gasteiger partial charge on any atom is -0.229 e. The first-order valence-electron chi connectivity index (χ1n) is 8.82. The number of nitrogens with zero attached hydrogens (tertiary/aromatic N) is 3. The average molecular weight is 347 g/mol. The minimum atomic E-state index is -0.366. The number of aromatic nitrogens is 2. The molecule has 0 aliphatic carbocycles. The van der Waals surface area contributed by atoms with Crippen LogP contribution in [-0.4, -0.2) is 9.78 Å². The number of hydrogen-bond donors (Lipinski definition) is 0. The molecule has 0 aliphatic heterocycles. The van der Waals surface area contributed by atoms with E-state index in [-0.39, 0.29) is 11.5 Å². The maximum absolute atomic E-state index is 14.5. The van der Waals surface area contributed by atoms with Gasteiger partial charge >= 0.3 is 0 Å². The lowest BCUT2D eigenvalue weighted by atomic mass is 9.87. The van der Waals surface area contributed by atoms with Crippen molar-refractivity contribution in [2.45, 2.75) is 39.5 Å². The summed E-state index contributed by atoms with van der Waals surface area (Å²) in [5.41, 5.74) is 4.74. The van der Waals surface area contributed by atoms with Gasteiger partial charge in [-0.1, -0.05) is 58.0 Å². The third-order valence-corrected chi connectivity index (χ3v) is 4.53. The summed E-state index contributed by atoms with van der Waals surface area (Å²) in [6.07, 6.45) is 0. The van der Waals surface area contributed by atoms with Crippen molar-refractivity contribution in [1.82, 2.24) is 9.78 Å². The predicted molar refractivity (Wildman–Crippen MR) is 102 cm³/mol. The highest BCUT2D eigenvalue weighted by atomic mass is 19.1. The van der Waals surface area contributed by atoms with Crippen LogP contribution in [0.15, 0.2) is 48.5 Å². The molecular weight excluding hydrogens is 325 g/mol. The first kappa shape index (κ1) is 17.9. The Kier molecular flexibility index (Phi) is 4.90. The second-order valence-corrected chi connectivity index (χ2v) is 7.01. The number of nitriles is 1. The molecule has 26 heavy (non-hydrogen) atoms. The Hall–Kier alpha value is -2.93. The summed E-state index contributed by atoms with van der Waals surface area (Å²) in [6, 6.07) is 16.6. The van der Waals surface area contributed by atoms with E-state index < -0.39 is 0 Å². The summed E-state index contributed by atoms with van der Waals surface area (Å²) >= 11 is 0. The van der Waals surface area contributed by atoms with Gasteiger partial charge in [0.2, 0.25) is 0 Å². The maximum Gasteiger partial charge on any atom is 0.163 e. The van der Waals surface area contributed by atoms with Crippen LogP contribution in [0.25, 0.3) is 16.9 Å². The number of halogens is 1. The van der Waals surface area contributed by atoms with Gasteiger partial charge in [-0.15, -0.1) is 0 Å². The predicted octanol–water partition coefficient (Wildman–Crippen LogP) is 5.80. The van der Waals surface area contributed by atoms with Gasteiger partial charge in [0.25, 0.3) is 0 Å². The smallest absolute Gasteiger partial charge is 0.163 e. The fourth-order valence-electron chi connectivity index (χ4n) is 3.27. The minimum absolute atomic E-state index is 0.275. The van der Waals surface area contributed by atoms with Crippen LogP contribution in [0.4, 0.5) is 4.39 Å². The van der Waals surface area contributed by atoms with Crippen LogP contribution in [0, 0.1) is 17.1 Å². The molecule has 0 unspecified atom stereocenters. The van der Waals surface area contributed by atoms with E-state index in [0.29, 0.717) is 17.5 Å². The molecule has 3 rings (SSSR count). The molecule has 0 radical (unpaired) electrons. The highest BCUT2D eigenvalue weighted by Crippen LogP contribution is 2.37. The Balaban J connectivity index is 2.38. The lowest BCUT2D eigenvalue weighted by Crippen LogP contribution is -2.06. The Morgan fingerprint density at radius 2 is 1.58 bits per heavy atom. The SMILES string of the molecule is CC(C)c1cccc(C(C)C)c1-c1cc(C#N)nn1-c1ccccc1F. The third kappa shape index (κ3) is 3.13. The molecule has 4 heteroatoms. The first-order chi connectivity index (χ1) is 12.4. The largest absolute Gasteiger partial charge is 0.229 e. The van der Waals surface area contributed by atoms with Crippen LogP contribution in [-0.2, 0) is 0 Å². The van der Waals surface area contributed by atoms with Crippen LogP contribution in [0.2, 0.25) is 0 Å². The first-order valence-corrected chi connectivity index (χ1v) is 8.82. The Bertz CT molecular complexity index is 951. The third-order valence-electron chi connectivity index (χ3n) is 4.53. The zero-order valence-corrected chi connectivity index (χ0v) is 15.5. The van der Waals surface area contributed by atoms with E-state index in [2.05, 4.69) is 57.1 Å². The van der Waals surface area contributed by atoms with Crippen molar-refractivity contribution in [2.24, 2.45) is 0 Å². The van der Waals surface area contributed by atoms with E-state index in [9.17, 15) is 9.65 Å². The molecule has 0 N–H and O–H groups in total. The Morgan fingerprint density at radius 1 is 0.962 bits per heavy atom. The van der Waals surface area contributed by atoms with E-state index in [1.165, 1.54) is 6.07 Å². The van der Waals surface area contributed by atoms with Crippen molar-refractivity contribution in [3.8, 4) is 23.0 Å². The molecule has 0 spiro atoms. The van der Waals surface area contributed by atoms with Gasteiger partial charge in [0, 0.05) is 11.6 Å². The molecular formula is C22H22FN3. The van der Waals surface area contributed by atoms with E-state index in [1.54, 1.807) is 28.9 Å². The molecule has 132 valence electrons. The lowest BCUT2D eigenvalue weighted by molar-refractivity contribution is 0.611. The summed E-state index contributed by atoms with van der Waals surface area (Å²) in [6.45, 7) is 8.55. The van der Waals surface area contributed by atoms with E-state index >= 15 is 0 Å². The van der Waals surface area contributed by atoms with E-state index in [0.717, 1.165) is 22.4 Å². The van der Waals surface area contributed by atoms with Gasteiger partial charge in [-0.25, -0.2) is 9.07 Å².